The lowest BCUT2D eigenvalue weighted by molar-refractivity contribution is -0.123. The lowest BCUT2D eigenvalue weighted by Crippen LogP contribution is -2.47. The van der Waals surface area contributed by atoms with Gasteiger partial charge in [-0.1, -0.05) is 35.7 Å². The highest BCUT2D eigenvalue weighted by molar-refractivity contribution is 6.42. The minimum Gasteiger partial charge on any atom is -0.492 e. The van der Waals surface area contributed by atoms with Gasteiger partial charge in [-0.3, -0.25) is 4.79 Å². The minimum absolute atomic E-state index is 0.110. The van der Waals surface area contributed by atoms with Gasteiger partial charge in [-0.2, -0.15) is 0 Å². The van der Waals surface area contributed by atoms with Crippen molar-refractivity contribution in [3.63, 3.8) is 0 Å². The molecule has 6 heteroatoms. The molecule has 0 aromatic heterocycles. The lowest BCUT2D eigenvalue weighted by atomic mass is 9.75. The van der Waals surface area contributed by atoms with Crippen LogP contribution in [0.1, 0.15) is 44.9 Å². The maximum atomic E-state index is 12.3. The van der Waals surface area contributed by atoms with E-state index < -0.39 is 0 Å². The highest BCUT2D eigenvalue weighted by Gasteiger charge is 2.44. The maximum Gasteiger partial charge on any atom is 0.220 e. The molecule has 2 aliphatic rings. The molecule has 138 valence electrons. The van der Waals surface area contributed by atoms with Crippen LogP contribution in [-0.4, -0.2) is 31.8 Å². The lowest BCUT2D eigenvalue weighted by Gasteiger charge is -2.39. The van der Waals surface area contributed by atoms with Crippen molar-refractivity contribution >= 4 is 29.1 Å². The van der Waals surface area contributed by atoms with Gasteiger partial charge in [0.25, 0.3) is 0 Å². The topological polar surface area (TPSA) is 47.6 Å². The number of ether oxygens (including phenoxy) is 2. The van der Waals surface area contributed by atoms with Crippen LogP contribution in [0.4, 0.5) is 0 Å². The van der Waals surface area contributed by atoms with Crippen LogP contribution in [0.25, 0.3) is 0 Å². The molecule has 1 aromatic carbocycles. The van der Waals surface area contributed by atoms with Gasteiger partial charge in [0.05, 0.1) is 11.6 Å². The summed E-state index contributed by atoms with van der Waals surface area (Å²) in [6, 6.07) is 5.59. The Kier molecular flexibility index (Phi) is 6.48. The zero-order valence-electron chi connectivity index (χ0n) is 14.4. The van der Waals surface area contributed by atoms with E-state index in [1.807, 2.05) is 0 Å². The van der Waals surface area contributed by atoms with Crippen molar-refractivity contribution in [2.45, 2.75) is 51.0 Å². The molecule has 0 radical (unpaired) electrons. The highest BCUT2D eigenvalue weighted by atomic mass is 35.5. The van der Waals surface area contributed by atoms with Gasteiger partial charge in [0.15, 0.2) is 0 Å². The summed E-state index contributed by atoms with van der Waals surface area (Å²) in [4.78, 5) is 12.3. The van der Waals surface area contributed by atoms with E-state index in [2.05, 4.69) is 5.32 Å². The SMILES string of the molecule is O=C(CCCOc1cccc(Cl)c1Cl)N[C@@H]1CCCC12CCOCC2. The number of hydrogen-bond acceptors (Lipinski definition) is 3. The minimum atomic E-state index is 0.110. The Balaban J connectivity index is 1.41. The van der Waals surface area contributed by atoms with Crippen LogP contribution >= 0.6 is 23.2 Å². The first kappa shape index (κ1) is 18.8. The second kappa shape index (κ2) is 8.61. The van der Waals surface area contributed by atoms with Gasteiger partial charge < -0.3 is 14.8 Å². The van der Waals surface area contributed by atoms with Crippen molar-refractivity contribution in [3.05, 3.63) is 28.2 Å². The fourth-order valence-corrected chi connectivity index (χ4v) is 4.36. The van der Waals surface area contributed by atoms with E-state index in [0.29, 0.717) is 41.3 Å². The molecule has 3 rings (SSSR count). The summed E-state index contributed by atoms with van der Waals surface area (Å²) in [5, 5.41) is 4.15. The van der Waals surface area contributed by atoms with Crippen LogP contribution in [0.15, 0.2) is 18.2 Å². The van der Waals surface area contributed by atoms with Gasteiger partial charge >= 0.3 is 0 Å². The summed E-state index contributed by atoms with van der Waals surface area (Å²) in [6.07, 6.45) is 6.72. The molecule has 1 amide bonds. The monoisotopic (exact) mass is 385 g/mol. The van der Waals surface area contributed by atoms with Crippen LogP contribution in [0, 0.1) is 5.41 Å². The average Bonchev–Trinajstić information content (AvgIpc) is 2.97. The maximum absolute atomic E-state index is 12.3. The van der Waals surface area contributed by atoms with Gasteiger partial charge in [0, 0.05) is 25.7 Å². The highest BCUT2D eigenvalue weighted by Crippen LogP contribution is 2.46. The summed E-state index contributed by atoms with van der Waals surface area (Å²) >= 11 is 12.0. The molecule has 0 bridgehead atoms. The zero-order valence-corrected chi connectivity index (χ0v) is 15.9. The quantitative estimate of drug-likeness (QED) is 0.726. The molecule has 25 heavy (non-hydrogen) atoms. The van der Waals surface area contributed by atoms with Gasteiger partial charge in [0.2, 0.25) is 5.91 Å². The Hall–Kier alpha value is -0.970. The van der Waals surface area contributed by atoms with E-state index in [-0.39, 0.29) is 11.3 Å². The Bertz CT molecular complexity index is 602. The molecular formula is C19H25Cl2NO3. The first-order valence-corrected chi connectivity index (χ1v) is 9.80. The van der Waals surface area contributed by atoms with Crippen molar-refractivity contribution < 1.29 is 14.3 Å². The number of amides is 1. The van der Waals surface area contributed by atoms with Crippen molar-refractivity contribution in [1.82, 2.24) is 5.32 Å². The predicted octanol–water partition coefficient (Wildman–Crippen LogP) is 4.62. The van der Waals surface area contributed by atoms with Crippen LogP contribution in [-0.2, 0) is 9.53 Å². The number of hydrogen-bond donors (Lipinski definition) is 1. The molecule has 1 aliphatic carbocycles. The van der Waals surface area contributed by atoms with Crippen LogP contribution in [0.3, 0.4) is 0 Å². The van der Waals surface area contributed by atoms with E-state index >= 15 is 0 Å². The van der Waals surface area contributed by atoms with Gasteiger partial charge in [0.1, 0.15) is 10.8 Å². The smallest absolute Gasteiger partial charge is 0.220 e. The van der Waals surface area contributed by atoms with Gasteiger partial charge in [-0.05, 0) is 49.7 Å². The average molecular weight is 386 g/mol. The van der Waals surface area contributed by atoms with Crippen molar-refractivity contribution in [1.29, 1.82) is 0 Å². The Labute approximate surface area is 159 Å². The van der Waals surface area contributed by atoms with E-state index in [1.54, 1.807) is 18.2 Å². The third-order valence-corrected chi connectivity index (χ3v) is 6.25. The molecule has 0 unspecified atom stereocenters. The number of halogens is 2. The number of benzene rings is 1. The molecule has 1 spiro atoms. The number of carbonyl (C=O) groups is 1. The standard InChI is InChI=1S/C19H25Cl2NO3/c20-14-4-1-5-15(18(14)21)25-11-3-7-17(23)22-16-6-2-8-19(16)9-12-24-13-10-19/h1,4-5,16H,2-3,6-13H2,(H,22,23)/t16-/m1/s1. The van der Waals surface area contributed by atoms with Crippen LogP contribution in [0.5, 0.6) is 5.75 Å². The summed E-state index contributed by atoms with van der Waals surface area (Å²) in [5.74, 6) is 0.671. The number of nitrogens with one attached hydrogen (secondary N) is 1. The zero-order chi connectivity index (χ0) is 17.7. The molecule has 2 fully saturated rings. The van der Waals surface area contributed by atoms with E-state index in [0.717, 1.165) is 32.5 Å². The molecule has 1 saturated heterocycles. The Morgan fingerprint density at radius 2 is 2.08 bits per heavy atom. The summed E-state index contributed by atoms with van der Waals surface area (Å²) in [6.45, 7) is 2.08. The molecule has 1 aliphatic heterocycles. The fraction of sp³-hybridized carbons (Fsp3) is 0.632. The molecule has 1 heterocycles. The Morgan fingerprint density at radius 3 is 2.88 bits per heavy atom. The molecule has 1 atom stereocenters. The van der Waals surface area contributed by atoms with Crippen LogP contribution in [0.2, 0.25) is 10.0 Å². The largest absolute Gasteiger partial charge is 0.492 e. The Morgan fingerprint density at radius 1 is 1.28 bits per heavy atom. The fourth-order valence-electron chi connectivity index (χ4n) is 4.02. The van der Waals surface area contributed by atoms with E-state index in [9.17, 15) is 4.79 Å². The van der Waals surface area contributed by atoms with Gasteiger partial charge in [-0.25, -0.2) is 0 Å². The third kappa shape index (κ3) is 4.60. The molecule has 4 nitrogen and oxygen atoms in total. The molecule has 1 N–H and O–H groups in total. The molecule has 1 saturated carbocycles. The molecular weight excluding hydrogens is 361 g/mol. The van der Waals surface area contributed by atoms with Crippen molar-refractivity contribution in [2.24, 2.45) is 5.41 Å². The van der Waals surface area contributed by atoms with E-state index in [1.165, 1.54) is 12.8 Å². The second-order valence-corrected chi connectivity index (χ2v) is 7.78. The van der Waals surface area contributed by atoms with Crippen molar-refractivity contribution in [3.8, 4) is 5.75 Å². The third-order valence-electron chi connectivity index (χ3n) is 5.45. The summed E-state index contributed by atoms with van der Waals surface area (Å²) in [5.41, 5.74) is 0.263. The number of carbonyl (C=O) groups excluding carboxylic acids is 1. The summed E-state index contributed by atoms with van der Waals surface area (Å²) < 4.78 is 11.1. The first-order chi connectivity index (χ1) is 12.1. The molecule has 1 aromatic rings. The first-order valence-electron chi connectivity index (χ1n) is 9.05. The van der Waals surface area contributed by atoms with Gasteiger partial charge in [-0.15, -0.1) is 0 Å². The van der Waals surface area contributed by atoms with E-state index in [4.69, 9.17) is 32.7 Å². The normalized spacial score (nSPS) is 22.1. The van der Waals surface area contributed by atoms with Crippen molar-refractivity contribution in [2.75, 3.05) is 19.8 Å². The number of rotatable bonds is 6. The predicted molar refractivity (Wildman–Crippen MR) is 99.5 cm³/mol. The summed E-state index contributed by atoms with van der Waals surface area (Å²) in [7, 11) is 0. The second-order valence-electron chi connectivity index (χ2n) is 6.99. The van der Waals surface area contributed by atoms with Crippen LogP contribution < -0.4 is 10.1 Å².